The van der Waals surface area contributed by atoms with Crippen molar-refractivity contribution in [2.45, 2.75) is 24.9 Å². The number of hydrogen-bond donors (Lipinski definition) is 2. The first-order valence-electron chi connectivity index (χ1n) is 10.2. The van der Waals surface area contributed by atoms with Crippen molar-refractivity contribution >= 4 is 23.4 Å². The zero-order valence-corrected chi connectivity index (χ0v) is 17.2. The Kier molecular flexibility index (Phi) is 6.13. The summed E-state index contributed by atoms with van der Waals surface area (Å²) in [6, 6.07) is 9.82. The topological polar surface area (TPSA) is 110 Å². The van der Waals surface area contributed by atoms with Crippen LogP contribution < -0.4 is 15.4 Å². The molecule has 2 N–H and O–H groups in total. The van der Waals surface area contributed by atoms with Gasteiger partial charge in [-0.3, -0.25) is 14.4 Å². The number of nitrogens with one attached hydrogen (secondary N) is 2. The summed E-state index contributed by atoms with van der Waals surface area (Å²) in [5.74, 6) is -0.651. The second kappa shape index (κ2) is 9.13. The molecule has 9 heteroatoms. The molecule has 1 atom stereocenters. The number of aromatic nitrogens is 1. The molecular formula is C22H24N4O5. The van der Waals surface area contributed by atoms with E-state index in [4.69, 9.17) is 9.47 Å². The number of ether oxygens (including phenoxy) is 2. The average molecular weight is 424 g/mol. The van der Waals surface area contributed by atoms with Crippen molar-refractivity contribution in [3.63, 3.8) is 0 Å². The van der Waals surface area contributed by atoms with Gasteiger partial charge < -0.3 is 25.0 Å². The van der Waals surface area contributed by atoms with E-state index in [1.54, 1.807) is 48.5 Å². The first-order valence-corrected chi connectivity index (χ1v) is 10.2. The van der Waals surface area contributed by atoms with Crippen molar-refractivity contribution in [1.82, 2.24) is 15.2 Å². The monoisotopic (exact) mass is 424 g/mol. The molecule has 0 spiro atoms. The van der Waals surface area contributed by atoms with Gasteiger partial charge in [-0.15, -0.1) is 0 Å². The second-order valence-corrected chi connectivity index (χ2v) is 7.40. The molecule has 0 radical (unpaired) electrons. The van der Waals surface area contributed by atoms with E-state index in [9.17, 15) is 14.4 Å². The van der Waals surface area contributed by atoms with Gasteiger partial charge in [-0.1, -0.05) is 18.2 Å². The molecule has 2 aliphatic rings. The number of pyridine rings is 1. The van der Waals surface area contributed by atoms with Gasteiger partial charge in [0, 0.05) is 24.9 Å². The largest absolute Gasteiger partial charge is 0.474 e. The van der Waals surface area contributed by atoms with Gasteiger partial charge in [0.15, 0.2) is 0 Å². The molecule has 0 saturated heterocycles. The van der Waals surface area contributed by atoms with Crippen LogP contribution in [-0.4, -0.2) is 60.5 Å². The van der Waals surface area contributed by atoms with Crippen molar-refractivity contribution in [3.8, 4) is 5.88 Å². The van der Waals surface area contributed by atoms with Gasteiger partial charge in [0.25, 0.3) is 5.91 Å². The Hall–Kier alpha value is -3.46. The van der Waals surface area contributed by atoms with Crippen LogP contribution >= 0.6 is 0 Å². The van der Waals surface area contributed by atoms with Crippen LogP contribution in [-0.2, 0) is 14.3 Å². The van der Waals surface area contributed by atoms with Gasteiger partial charge >= 0.3 is 0 Å². The number of anilines is 1. The smallest absolute Gasteiger partial charge is 0.255 e. The van der Waals surface area contributed by atoms with Crippen molar-refractivity contribution in [1.29, 1.82) is 0 Å². The van der Waals surface area contributed by atoms with Gasteiger partial charge in [-0.05, 0) is 36.6 Å². The molecular weight excluding hydrogens is 400 g/mol. The van der Waals surface area contributed by atoms with E-state index < -0.39 is 11.9 Å². The van der Waals surface area contributed by atoms with Crippen molar-refractivity contribution in [3.05, 3.63) is 53.7 Å². The Morgan fingerprint density at radius 2 is 1.97 bits per heavy atom. The minimum Gasteiger partial charge on any atom is -0.474 e. The van der Waals surface area contributed by atoms with Crippen molar-refractivity contribution < 1.29 is 23.9 Å². The Bertz CT molecular complexity index is 991. The third-order valence-electron chi connectivity index (χ3n) is 5.18. The van der Waals surface area contributed by atoms with Gasteiger partial charge in [0.1, 0.15) is 18.3 Å². The fourth-order valence-corrected chi connectivity index (χ4v) is 3.61. The molecule has 1 fully saturated rings. The van der Waals surface area contributed by atoms with E-state index in [1.807, 2.05) is 6.07 Å². The fourth-order valence-electron chi connectivity index (χ4n) is 3.61. The number of carbonyl (C=O) groups excluding carboxylic acids is 3. The molecule has 1 aromatic carbocycles. The molecule has 4 rings (SSSR count). The van der Waals surface area contributed by atoms with Crippen LogP contribution in [0.1, 0.15) is 34.8 Å². The summed E-state index contributed by atoms with van der Waals surface area (Å²) in [5.41, 5.74) is 1.63. The van der Waals surface area contributed by atoms with E-state index in [0.29, 0.717) is 30.0 Å². The van der Waals surface area contributed by atoms with E-state index in [2.05, 4.69) is 15.6 Å². The van der Waals surface area contributed by atoms with Crippen LogP contribution in [0.4, 0.5) is 5.69 Å². The number of amides is 3. The Labute approximate surface area is 179 Å². The molecule has 1 aliphatic carbocycles. The Morgan fingerprint density at radius 3 is 2.74 bits per heavy atom. The molecule has 0 bridgehead atoms. The zero-order valence-electron chi connectivity index (χ0n) is 17.2. The third kappa shape index (κ3) is 4.51. The minimum atomic E-state index is -0.713. The van der Waals surface area contributed by atoms with Crippen LogP contribution in [0.3, 0.4) is 0 Å². The number of rotatable bonds is 9. The quantitative estimate of drug-likeness (QED) is 0.591. The lowest BCUT2D eigenvalue weighted by molar-refractivity contribution is -0.127. The number of methoxy groups -OCH3 is 1. The highest BCUT2D eigenvalue weighted by molar-refractivity contribution is 6.05. The number of nitrogens with zero attached hydrogens (tertiary/aromatic N) is 2. The molecule has 31 heavy (non-hydrogen) atoms. The Morgan fingerprint density at radius 1 is 1.16 bits per heavy atom. The lowest BCUT2D eigenvalue weighted by Gasteiger charge is -2.24. The van der Waals surface area contributed by atoms with Crippen molar-refractivity contribution in [2.75, 3.05) is 32.2 Å². The average Bonchev–Trinajstić information content (AvgIpc) is 3.57. The number of fused-ring (bicyclic) bond motifs is 1. The molecule has 3 amide bonds. The first-order chi connectivity index (χ1) is 15.1. The molecule has 162 valence electrons. The van der Waals surface area contributed by atoms with E-state index in [0.717, 1.165) is 12.8 Å². The maximum atomic E-state index is 13.0. The Balaban J connectivity index is 1.39. The molecule has 9 nitrogen and oxygen atoms in total. The highest BCUT2D eigenvalue weighted by atomic mass is 16.5. The van der Waals surface area contributed by atoms with Gasteiger partial charge in [0.05, 0.1) is 13.2 Å². The van der Waals surface area contributed by atoms with Gasteiger partial charge in [-0.2, -0.15) is 0 Å². The third-order valence-corrected chi connectivity index (χ3v) is 5.18. The highest BCUT2D eigenvalue weighted by Crippen LogP contribution is 2.41. The normalized spacial score (nSPS) is 17.3. The predicted octanol–water partition coefficient (Wildman–Crippen LogP) is 1.52. The predicted molar refractivity (Wildman–Crippen MR) is 112 cm³/mol. The van der Waals surface area contributed by atoms with Crippen LogP contribution in [0, 0.1) is 0 Å². The molecule has 1 aromatic heterocycles. The number of benzene rings is 1. The number of carbonyl (C=O) groups is 3. The van der Waals surface area contributed by atoms with Gasteiger partial charge in [-0.25, -0.2) is 4.98 Å². The van der Waals surface area contributed by atoms with E-state index in [1.165, 1.54) is 0 Å². The minimum absolute atomic E-state index is 0.0756. The summed E-state index contributed by atoms with van der Waals surface area (Å²) in [5, 5.41) is 5.36. The fraction of sp³-hybridized carbons (Fsp3) is 0.364. The number of hydrogen-bond acceptors (Lipinski definition) is 6. The lowest BCUT2D eigenvalue weighted by Crippen LogP contribution is -2.42. The van der Waals surface area contributed by atoms with Crippen LogP contribution in [0.15, 0.2) is 42.6 Å². The standard InChI is InChI=1S/C22H24N4O5/c1-30-11-12-31-21-17(7-4-10-23-21)25-18(27)13-24-20(28)19-15-5-2-3-6-16(15)22(29)26(19)14-8-9-14/h2-7,10,14,19H,8-9,11-13H2,1H3,(H,24,28)(H,25,27). The summed E-state index contributed by atoms with van der Waals surface area (Å²) in [6.45, 7) is 0.439. The second-order valence-electron chi connectivity index (χ2n) is 7.40. The molecule has 1 saturated carbocycles. The van der Waals surface area contributed by atoms with Gasteiger partial charge in [0.2, 0.25) is 17.7 Å². The van der Waals surface area contributed by atoms with Crippen molar-refractivity contribution in [2.24, 2.45) is 0 Å². The molecule has 1 unspecified atom stereocenters. The lowest BCUT2D eigenvalue weighted by atomic mass is 10.0. The van der Waals surface area contributed by atoms with Crippen LogP contribution in [0.25, 0.3) is 0 Å². The summed E-state index contributed by atoms with van der Waals surface area (Å²) >= 11 is 0. The zero-order chi connectivity index (χ0) is 21.8. The first kappa shape index (κ1) is 20.8. The van der Waals surface area contributed by atoms with E-state index >= 15 is 0 Å². The SMILES string of the molecule is COCCOc1ncccc1NC(=O)CNC(=O)C1c2ccccc2C(=O)N1C1CC1. The summed E-state index contributed by atoms with van der Waals surface area (Å²) in [7, 11) is 1.56. The van der Waals surface area contributed by atoms with Crippen LogP contribution in [0.5, 0.6) is 5.88 Å². The van der Waals surface area contributed by atoms with E-state index in [-0.39, 0.29) is 30.3 Å². The molecule has 1 aliphatic heterocycles. The van der Waals surface area contributed by atoms with Crippen LogP contribution in [0.2, 0.25) is 0 Å². The maximum absolute atomic E-state index is 13.0. The summed E-state index contributed by atoms with van der Waals surface area (Å²) in [6.07, 6.45) is 3.33. The highest BCUT2D eigenvalue weighted by Gasteiger charge is 2.47. The maximum Gasteiger partial charge on any atom is 0.255 e. The summed E-state index contributed by atoms with van der Waals surface area (Å²) < 4.78 is 10.4. The molecule has 2 heterocycles. The molecule has 2 aromatic rings. The summed E-state index contributed by atoms with van der Waals surface area (Å²) in [4.78, 5) is 43.9.